The maximum Gasteiger partial charge on any atom is 0.191 e. The molecule has 0 bridgehead atoms. The topological polar surface area (TPSA) is 101 Å². The molecule has 6 heteroatoms. The van der Waals surface area contributed by atoms with Gasteiger partial charge in [0.05, 0.1) is 23.4 Å². The Kier molecular flexibility index (Phi) is 5.66. The fourth-order valence-electron chi connectivity index (χ4n) is 4.76. The zero-order valence-corrected chi connectivity index (χ0v) is 18.4. The molecule has 1 heterocycles. The highest BCUT2D eigenvalue weighted by Gasteiger charge is 2.54. The van der Waals surface area contributed by atoms with Crippen LogP contribution in [0.3, 0.4) is 0 Å². The predicted molar refractivity (Wildman–Crippen MR) is 121 cm³/mol. The largest absolute Gasteiger partial charge is 0.399 e. The number of allylic oxidation sites excluding steroid dienone is 2. The Hall–Kier alpha value is -3.37. The second kappa shape index (κ2) is 8.40. The van der Waals surface area contributed by atoms with Gasteiger partial charge in [-0.3, -0.25) is 4.90 Å². The van der Waals surface area contributed by atoms with Gasteiger partial charge in [0.2, 0.25) is 0 Å². The minimum Gasteiger partial charge on any atom is -0.399 e. The third-order valence-corrected chi connectivity index (χ3v) is 6.75. The van der Waals surface area contributed by atoms with Crippen LogP contribution >= 0.6 is 15.9 Å². The molecule has 1 aliphatic heterocycles. The first kappa shape index (κ1) is 20.9. The second-order valence-corrected chi connectivity index (χ2v) is 8.82. The molecule has 31 heavy (non-hydrogen) atoms. The van der Waals surface area contributed by atoms with Gasteiger partial charge in [0.15, 0.2) is 5.41 Å². The average Bonchev–Trinajstić information content (AvgIpc) is 2.80. The second-order valence-electron chi connectivity index (χ2n) is 7.91. The molecule has 0 fully saturated rings. The van der Waals surface area contributed by atoms with E-state index < -0.39 is 11.3 Å². The van der Waals surface area contributed by atoms with E-state index in [-0.39, 0.29) is 17.2 Å². The van der Waals surface area contributed by atoms with Crippen molar-refractivity contribution in [3.63, 3.8) is 0 Å². The Bertz CT molecular complexity index is 1160. The number of fused-ring (bicyclic) bond motifs is 1. The molecule has 5 nitrogen and oxygen atoms in total. The number of nitrogens with two attached hydrogens (primary N) is 1. The molecule has 0 radical (unpaired) electrons. The molecule has 152 valence electrons. The molecule has 2 aliphatic rings. The maximum atomic E-state index is 10.2. The summed E-state index contributed by atoms with van der Waals surface area (Å²) in [4.78, 5) is 2.28. The van der Waals surface area contributed by atoms with Crippen LogP contribution in [0, 0.1) is 45.3 Å². The van der Waals surface area contributed by atoms with Crippen molar-refractivity contribution in [2.75, 3.05) is 13.1 Å². The number of rotatable bonds is 3. The molecule has 2 N–H and O–H groups in total. The van der Waals surface area contributed by atoms with Crippen molar-refractivity contribution in [3.8, 4) is 18.2 Å². The summed E-state index contributed by atoms with van der Waals surface area (Å²) >= 11 is 3.45. The molecule has 2 aromatic carbocycles. The lowest BCUT2D eigenvalue weighted by molar-refractivity contribution is 0.201. The van der Waals surface area contributed by atoms with Gasteiger partial charge in [-0.05, 0) is 28.8 Å². The monoisotopic (exact) mass is 469 g/mol. The van der Waals surface area contributed by atoms with Gasteiger partial charge < -0.3 is 5.73 Å². The zero-order chi connectivity index (χ0) is 22.0. The Labute approximate surface area is 190 Å². The Morgan fingerprint density at radius 3 is 2.32 bits per heavy atom. The minimum absolute atomic E-state index is 0.0620. The molecule has 0 spiro atoms. The van der Waals surface area contributed by atoms with Crippen LogP contribution < -0.4 is 5.73 Å². The highest BCUT2D eigenvalue weighted by Crippen LogP contribution is 2.54. The first-order chi connectivity index (χ1) is 15.0. The van der Waals surface area contributed by atoms with Crippen LogP contribution in [0.4, 0.5) is 0 Å². The standard InChI is InChI=1S/C25H20BrN5/c26-19-8-6-18(7-9-19)23-22-14-31(13-17-4-2-1-3-5-17)11-10-20(22)21(12-27)24(30)25(23,15-28)16-29/h1-10,22-23H,11,13-14,30H2/t22-,23+/m1/s1. The van der Waals surface area contributed by atoms with Crippen LogP contribution in [-0.4, -0.2) is 18.0 Å². The smallest absolute Gasteiger partial charge is 0.191 e. The number of halogens is 1. The normalized spacial score (nSPS) is 22.5. The molecule has 2 aromatic rings. The molecule has 0 saturated heterocycles. The van der Waals surface area contributed by atoms with E-state index in [0.29, 0.717) is 13.1 Å². The van der Waals surface area contributed by atoms with Crippen LogP contribution in [0.1, 0.15) is 17.0 Å². The lowest BCUT2D eigenvalue weighted by Crippen LogP contribution is -2.47. The van der Waals surface area contributed by atoms with E-state index in [0.717, 1.165) is 22.2 Å². The van der Waals surface area contributed by atoms with E-state index in [9.17, 15) is 15.8 Å². The number of hydrogen-bond donors (Lipinski definition) is 1. The summed E-state index contributed by atoms with van der Waals surface area (Å²) in [5.41, 5.74) is 8.00. The number of nitrogens with zero attached hydrogens (tertiary/aromatic N) is 4. The lowest BCUT2D eigenvalue weighted by Gasteiger charge is -2.45. The van der Waals surface area contributed by atoms with Gasteiger partial charge in [-0.1, -0.05) is 64.5 Å². The predicted octanol–water partition coefficient (Wildman–Crippen LogP) is 4.37. The molecular formula is C25H20BrN5. The summed E-state index contributed by atoms with van der Waals surface area (Å²) in [5, 5.41) is 30.2. The average molecular weight is 470 g/mol. The van der Waals surface area contributed by atoms with Crippen molar-refractivity contribution >= 4 is 15.9 Å². The summed E-state index contributed by atoms with van der Waals surface area (Å²) in [6.45, 7) is 2.06. The number of benzene rings is 2. The van der Waals surface area contributed by atoms with Gasteiger partial charge in [0.25, 0.3) is 0 Å². The van der Waals surface area contributed by atoms with Gasteiger partial charge in [-0.15, -0.1) is 0 Å². The van der Waals surface area contributed by atoms with Gasteiger partial charge in [-0.2, -0.15) is 15.8 Å². The minimum atomic E-state index is -1.60. The molecule has 0 aromatic heterocycles. The summed E-state index contributed by atoms with van der Waals surface area (Å²) in [7, 11) is 0. The Morgan fingerprint density at radius 1 is 1.03 bits per heavy atom. The van der Waals surface area contributed by atoms with Crippen molar-refractivity contribution in [1.29, 1.82) is 15.8 Å². The van der Waals surface area contributed by atoms with Crippen molar-refractivity contribution in [2.45, 2.75) is 12.5 Å². The van der Waals surface area contributed by atoms with Crippen LogP contribution in [0.5, 0.6) is 0 Å². The molecule has 0 saturated carbocycles. The van der Waals surface area contributed by atoms with Crippen LogP contribution in [0.15, 0.2) is 82.0 Å². The van der Waals surface area contributed by atoms with Crippen molar-refractivity contribution < 1.29 is 0 Å². The summed E-state index contributed by atoms with van der Waals surface area (Å²) in [6, 6.07) is 24.4. The summed E-state index contributed by atoms with van der Waals surface area (Å²) in [6.07, 6.45) is 2.03. The molecule has 0 amide bonds. The van der Waals surface area contributed by atoms with Crippen LogP contribution in [-0.2, 0) is 6.54 Å². The van der Waals surface area contributed by atoms with Gasteiger partial charge in [0.1, 0.15) is 6.07 Å². The van der Waals surface area contributed by atoms with Crippen molar-refractivity contribution in [2.24, 2.45) is 17.1 Å². The Morgan fingerprint density at radius 2 is 1.71 bits per heavy atom. The van der Waals surface area contributed by atoms with Gasteiger partial charge in [0, 0.05) is 35.9 Å². The molecule has 2 atom stereocenters. The Balaban J connectivity index is 1.84. The van der Waals surface area contributed by atoms with Crippen molar-refractivity contribution in [1.82, 2.24) is 4.90 Å². The first-order valence-corrected chi connectivity index (χ1v) is 10.8. The van der Waals surface area contributed by atoms with E-state index >= 15 is 0 Å². The zero-order valence-electron chi connectivity index (χ0n) is 16.8. The third kappa shape index (κ3) is 3.53. The van der Waals surface area contributed by atoms with E-state index in [1.165, 1.54) is 5.56 Å². The maximum absolute atomic E-state index is 10.2. The fraction of sp³-hybridized carbons (Fsp3) is 0.240. The van der Waals surface area contributed by atoms with E-state index in [4.69, 9.17) is 5.73 Å². The summed E-state index contributed by atoms with van der Waals surface area (Å²) in [5.74, 6) is -0.669. The lowest BCUT2D eigenvalue weighted by atomic mass is 9.58. The van der Waals surface area contributed by atoms with E-state index in [2.05, 4.69) is 51.2 Å². The first-order valence-electron chi connectivity index (χ1n) is 9.99. The molecular weight excluding hydrogens is 450 g/mol. The summed E-state index contributed by atoms with van der Waals surface area (Å²) < 4.78 is 0.915. The quantitative estimate of drug-likeness (QED) is 0.718. The highest BCUT2D eigenvalue weighted by atomic mass is 79.9. The van der Waals surface area contributed by atoms with E-state index in [1.54, 1.807) is 0 Å². The third-order valence-electron chi connectivity index (χ3n) is 6.22. The van der Waals surface area contributed by atoms with E-state index in [1.807, 2.05) is 48.5 Å². The molecule has 0 unspecified atom stereocenters. The van der Waals surface area contributed by atoms with Crippen molar-refractivity contribution in [3.05, 3.63) is 93.1 Å². The molecule has 1 aliphatic carbocycles. The SMILES string of the molecule is N#CC1=C(N)C(C#N)(C#N)[C@@H](c2ccc(Br)cc2)[C@@H]2CN(Cc3ccccc3)CC=C12. The van der Waals surface area contributed by atoms with Gasteiger partial charge >= 0.3 is 0 Å². The number of nitriles is 3. The number of hydrogen-bond acceptors (Lipinski definition) is 5. The molecule has 4 rings (SSSR count). The van der Waals surface area contributed by atoms with Crippen LogP contribution in [0.25, 0.3) is 0 Å². The van der Waals surface area contributed by atoms with Crippen LogP contribution in [0.2, 0.25) is 0 Å². The fourth-order valence-corrected chi connectivity index (χ4v) is 5.02. The highest BCUT2D eigenvalue weighted by molar-refractivity contribution is 9.10. The van der Waals surface area contributed by atoms with Gasteiger partial charge in [-0.25, -0.2) is 0 Å².